The summed E-state index contributed by atoms with van der Waals surface area (Å²) in [6.07, 6.45) is 0. The maximum Gasteiger partial charge on any atom is 0.254 e. The molecule has 0 bridgehead atoms. The number of rotatable bonds is 6. The van der Waals surface area contributed by atoms with E-state index in [1.807, 2.05) is 13.8 Å². The van der Waals surface area contributed by atoms with Gasteiger partial charge >= 0.3 is 0 Å². The van der Waals surface area contributed by atoms with Crippen molar-refractivity contribution in [3.05, 3.63) is 17.7 Å². The Morgan fingerprint density at radius 3 is 1.79 bits per heavy atom. The van der Waals surface area contributed by atoms with Crippen LogP contribution in [0, 0.1) is 0 Å². The van der Waals surface area contributed by atoms with E-state index >= 15 is 0 Å². The van der Waals surface area contributed by atoms with Crippen molar-refractivity contribution in [3.8, 4) is 17.2 Å². The molecule has 0 aliphatic rings. The molecule has 0 spiro atoms. The zero-order valence-electron chi connectivity index (χ0n) is 12.1. The molecule has 0 aliphatic heterocycles. The van der Waals surface area contributed by atoms with Crippen LogP contribution >= 0.6 is 0 Å². The van der Waals surface area contributed by atoms with Crippen molar-refractivity contribution in [1.82, 2.24) is 4.90 Å². The first-order chi connectivity index (χ1) is 9.12. The Hall–Kier alpha value is -1.91. The van der Waals surface area contributed by atoms with Crippen molar-refractivity contribution in [2.24, 2.45) is 0 Å². The van der Waals surface area contributed by atoms with E-state index in [4.69, 9.17) is 14.2 Å². The van der Waals surface area contributed by atoms with Crippen molar-refractivity contribution >= 4 is 5.91 Å². The molecular weight excluding hydrogens is 246 g/mol. The summed E-state index contributed by atoms with van der Waals surface area (Å²) in [5.74, 6) is 1.40. The number of hydrogen-bond acceptors (Lipinski definition) is 4. The number of hydrogen-bond donors (Lipinski definition) is 0. The highest BCUT2D eigenvalue weighted by molar-refractivity contribution is 5.95. The predicted octanol–water partition coefficient (Wildman–Crippen LogP) is 2.19. The van der Waals surface area contributed by atoms with Crippen LogP contribution in [0.25, 0.3) is 0 Å². The molecule has 0 fully saturated rings. The van der Waals surface area contributed by atoms with Crippen LogP contribution < -0.4 is 14.2 Å². The first-order valence-corrected chi connectivity index (χ1v) is 6.22. The minimum absolute atomic E-state index is 0.0516. The Kier molecular flexibility index (Phi) is 5.48. The van der Waals surface area contributed by atoms with Crippen LogP contribution in [0.3, 0.4) is 0 Å². The zero-order chi connectivity index (χ0) is 14.4. The lowest BCUT2D eigenvalue weighted by Crippen LogP contribution is -2.30. The zero-order valence-corrected chi connectivity index (χ0v) is 12.1. The van der Waals surface area contributed by atoms with Crippen molar-refractivity contribution in [2.45, 2.75) is 13.8 Å². The highest BCUT2D eigenvalue weighted by Gasteiger charge is 2.19. The van der Waals surface area contributed by atoms with E-state index in [-0.39, 0.29) is 5.91 Å². The molecule has 0 saturated heterocycles. The van der Waals surface area contributed by atoms with Gasteiger partial charge in [0.05, 0.1) is 21.3 Å². The molecule has 106 valence electrons. The number of carbonyl (C=O) groups is 1. The lowest BCUT2D eigenvalue weighted by molar-refractivity contribution is 0.0772. The third-order valence-corrected chi connectivity index (χ3v) is 2.96. The number of carbonyl (C=O) groups excluding carboxylic acids is 1. The van der Waals surface area contributed by atoms with Gasteiger partial charge in [0.15, 0.2) is 11.5 Å². The molecule has 1 amide bonds. The fourth-order valence-electron chi connectivity index (χ4n) is 1.90. The van der Waals surface area contributed by atoms with Gasteiger partial charge in [0.1, 0.15) is 0 Å². The second-order valence-corrected chi connectivity index (χ2v) is 3.89. The van der Waals surface area contributed by atoms with E-state index in [1.54, 1.807) is 17.0 Å². The van der Waals surface area contributed by atoms with E-state index in [2.05, 4.69) is 0 Å². The van der Waals surface area contributed by atoms with Gasteiger partial charge in [-0.1, -0.05) is 0 Å². The molecule has 1 aromatic rings. The van der Waals surface area contributed by atoms with E-state index < -0.39 is 0 Å². The lowest BCUT2D eigenvalue weighted by Gasteiger charge is -2.20. The Labute approximate surface area is 114 Å². The molecule has 0 N–H and O–H groups in total. The second kappa shape index (κ2) is 6.87. The van der Waals surface area contributed by atoms with Gasteiger partial charge in [-0.25, -0.2) is 0 Å². The molecule has 0 unspecified atom stereocenters. The molecule has 0 saturated carbocycles. The highest BCUT2D eigenvalue weighted by Crippen LogP contribution is 2.38. The first kappa shape index (κ1) is 15.1. The van der Waals surface area contributed by atoms with Gasteiger partial charge in [0.2, 0.25) is 5.75 Å². The molecule has 0 heterocycles. The van der Waals surface area contributed by atoms with Gasteiger partial charge in [0.25, 0.3) is 5.91 Å². The molecule has 5 heteroatoms. The van der Waals surface area contributed by atoms with Crippen LogP contribution in [-0.2, 0) is 0 Å². The van der Waals surface area contributed by atoms with Gasteiger partial charge in [-0.2, -0.15) is 0 Å². The largest absolute Gasteiger partial charge is 0.493 e. The van der Waals surface area contributed by atoms with Crippen molar-refractivity contribution < 1.29 is 19.0 Å². The Morgan fingerprint density at radius 1 is 1.00 bits per heavy atom. The van der Waals surface area contributed by atoms with Gasteiger partial charge in [-0.3, -0.25) is 4.79 Å². The van der Waals surface area contributed by atoms with E-state index in [0.29, 0.717) is 35.9 Å². The number of nitrogens with zero attached hydrogens (tertiary/aromatic N) is 1. The lowest BCUT2D eigenvalue weighted by atomic mass is 10.1. The summed E-state index contributed by atoms with van der Waals surface area (Å²) < 4.78 is 15.7. The van der Waals surface area contributed by atoms with Crippen LogP contribution in [0.2, 0.25) is 0 Å². The molecular formula is C14H21NO4. The predicted molar refractivity (Wildman–Crippen MR) is 73.3 cm³/mol. The molecule has 0 aromatic heterocycles. The Bertz CT molecular complexity index is 416. The van der Waals surface area contributed by atoms with Gasteiger partial charge in [-0.05, 0) is 26.0 Å². The summed E-state index contributed by atoms with van der Waals surface area (Å²) in [5, 5.41) is 0. The minimum Gasteiger partial charge on any atom is -0.493 e. The normalized spacial score (nSPS) is 9.95. The van der Waals surface area contributed by atoms with Crippen molar-refractivity contribution in [1.29, 1.82) is 0 Å². The van der Waals surface area contributed by atoms with Crippen LogP contribution in [0.15, 0.2) is 12.1 Å². The van der Waals surface area contributed by atoms with Gasteiger partial charge < -0.3 is 19.1 Å². The third-order valence-electron chi connectivity index (χ3n) is 2.96. The average Bonchev–Trinajstić information content (AvgIpc) is 2.46. The number of benzene rings is 1. The maximum atomic E-state index is 12.3. The molecule has 1 rings (SSSR count). The summed E-state index contributed by atoms with van der Waals surface area (Å²) in [7, 11) is 4.60. The molecule has 0 radical (unpaired) electrons. The Morgan fingerprint density at radius 2 is 1.47 bits per heavy atom. The Balaban J connectivity index is 3.26. The van der Waals surface area contributed by atoms with Gasteiger partial charge in [0, 0.05) is 18.7 Å². The monoisotopic (exact) mass is 267 g/mol. The molecule has 0 atom stereocenters. The SMILES string of the molecule is CCN(CC)C(=O)c1cc(OC)c(OC)c(OC)c1. The summed E-state index contributed by atoms with van der Waals surface area (Å²) in [6, 6.07) is 3.34. The molecule has 1 aromatic carbocycles. The highest BCUT2D eigenvalue weighted by atomic mass is 16.5. The fraction of sp³-hybridized carbons (Fsp3) is 0.500. The van der Waals surface area contributed by atoms with Gasteiger partial charge in [-0.15, -0.1) is 0 Å². The number of ether oxygens (including phenoxy) is 3. The van der Waals surface area contributed by atoms with Crippen LogP contribution in [0.5, 0.6) is 17.2 Å². The number of amides is 1. The van der Waals surface area contributed by atoms with Crippen molar-refractivity contribution in [2.75, 3.05) is 34.4 Å². The van der Waals surface area contributed by atoms with Crippen molar-refractivity contribution in [3.63, 3.8) is 0 Å². The van der Waals surface area contributed by atoms with Crippen LogP contribution in [0.4, 0.5) is 0 Å². The summed E-state index contributed by atoms with van der Waals surface area (Å²) in [5.41, 5.74) is 0.526. The van der Waals surface area contributed by atoms with Crippen LogP contribution in [0.1, 0.15) is 24.2 Å². The minimum atomic E-state index is -0.0516. The van der Waals surface area contributed by atoms with E-state index in [0.717, 1.165) is 0 Å². The molecule has 5 nitrogen and oxygen atoms in total. The standard InChI is InChI=1S/C14H21NO4/c1-6-15(7-2)14(16)10-8-11(17-3)13(19-5)12(9-10)18-4/h8-9H,6-7H2,1-5H3. The first-order valence-electron chi connectivity index (χ1n) is 6.22. The topological polar surface area (TPSA) is 48.0 Å². The van der Waals surface area contributed by atoms with E-state index in [9.17, 15) is 4.79 Å². The second-order valence-electron chi connectivity index (χ2n) is 3.89. The quantitative estimate of drug-likeness (QED) is 0.792. The maximum absolute atomic E-state index is 12.3. The third kappa shape index (κ3) is 3.10. The summed E-state index contributed by atoms with van der Waals surface area (Å²) in [4.78, 5) is 14.1. The van der Waals surface area contributed by atoms with E-state index in [1.165, 1.54) is 21.3 Å². The average molecular weight is 267 g/mol. The summed E-state index contributed by atoms with van der Waals surface area (Å²) >= 11 is 0. The smallest absolute Gasteiger partial charge is 0.254 e. The van der Waals surface area contributed by atoms with Crippen LogP contribution in [-0.4, -0.2) is 45.2 Å². The molecule has 0 aliphatic carbocycles. The molecule has 19 heavy (non-hydrogen) atoms. The fourth-order valence-corrected chi connectivity index (χ4v) is 1.90. The summed E-state index contributed by atoms with van der Waals surface area (Å²) in [6.45, 7) is 5.21. The number of methoxy groups -OCH3 is 3.